The van der Waals surface area contributed by atoms with Gasteiger partial charge in [-0.25, -0.2) is 0 Å². The van der Waals surface area contributed by atoms with E-state index in [1.165, 1.54) is 89.0 Å². The highest BCUT2D eigenvalue weighted by molar-refractivity contribution is 5.95. The maximum absolute atomic E-state index is 2.39. The van der Waals surface area contributed by atoms with Gasteiger partial charge in [-0.05, 0) is 108 Å². The van der Waals surface area contributed by atoms with Gasteiger partial charge >= 0.3 is 0 Å². The van der Waals surface area contributed by atoms with Gasteiger partial charge in [0.2, 0.25) is 0 Å². The highest BCUT2D eigenvalue weighted by Gasteiger charge is 2.46. The van der Waals surface area contributed by atoms with Crippen molar-refractivity contribution >= 4 is 0 Å². The molecule has 1 aliphatic carbocycles. The summed E-state index contributed by atoms with van der Waals surface area (Å²) in [7, 11) is 0. The average Bonchev–Trinajstić information content (AvgIpc) is 3.59. The lowest BCUT2D eigenvalue weighted by atomic mass is 9.67. The van der Waals surface area contributed by atoms with Crippen LogP contribution in [0.3, 0.4) is 0 Å². The second kappa shape index (κ2) is 19.8. The van der Waals surface area contributed by atoms with Gasteiger partial charge in [0.05, 0.1) is 5.41 Å². The first-order valence-corrected chi connectivity index (χ1v) is 21.4. The molecular weight excluding hydrogens is 733 g/mol. The van der Waals surface area contributed by atoms with Gasteiger partial charge in [0, 0.05) is 0 Å². The first-order valence-electron chi connectivity index (χ1n) is 21.4. The molecule has 0 saturated heterocycles. The summed E-state index contributed by atoms with van der Waals surface area (Å²) in [5.41, 5.74) is 20.9. The van der Waals surface area contributed by atoms with E-state index in [1.54, 1.807) is 0 Å². The zero-order chi connectivity index (χ0) is 42.6. The average molecular weight is 789 g/mol. The maximum atomic E-state index is 2.39. The van der Waals surface area contributed by atoms with E-state index < -0.39 is 0 Å². The number of fused-ring (bicyclic) bond motifs is 3. The second-order valence-corrected chi connectivity index (χ2v) is 16.1. The Morgan fingerprint density at radius 1 is 0.262 bits per heavy atom. The molecule has 0 fully saturated rings. The number of aryl methyl sites for hydroxylation is 6. The van der Waals surface area contributed by atoms with Crippen LogP contribution in [0.15, 0.2) is 231 Å². The van der Waals surface area contributed by atoms with Crippen LogP contribution in [0.25, 0.3) is 33.4 Å². The predicted molar refractivity (Wildman–Crippen MR) is 262 cm³/mol. The Bertz CT molecular complexity index is 2690. The fraction of sp³-hybridized carbons (Fsp3) is 0.115. The van der Waals surface area contributed by atoms with Crippen LogP contribution in [0.4, 0.5) is 0 Å². The quantitative estimate of drug-likeness (QED) is 0.167. The third-order valence-electron chi connectivity index (χ3n) is 11.5. The Hall–Kier alpha value is -7.02. The van der Waals surface area contributed by atoms with Crippen molar-refractivity contribution in [1.29, 1.82) is 0 Å². The van der Waals surface area contributed by atoms with Crippen LogP contribution in [0.1, 0.15) is 55.6 Å². The minimum Gasteiger partial charge on any atom is -0.0622 e. The van der Waals surface area contributed by atoms with Crippen molar-refractivity contribution in [2.75, 3.05) is 0 Å². The van der Waals surface area contributed by atoms with Crippen LogP contribution in [0.5, 0.6) is 0 Å². The molecule has 0 N–H and O–H groups in total. The highest BCUT2D eigenvalue weighted by Crippen LogP contribution is 2.58. The smallest absolute Gasteiger partial charge is 0.0622 e. The minimum absolute atomic E-state index is 0.343. The highest BCUT2D eigenvalue weighted by atomic mass is 14.5. The van der Waals surface area contributed by atoms with E-state index in [1.807, 2.05) is 36.4 Å². The molecular formula is C61H56. The molecule has 61 heavy (non-hydrogen) atoms. The molecule has 0 bridgehead atoms. The Labute approximate surface area is 364 Å². The summed E-state index contributed by atoms with van der Waals surface area (Å²) in [5, 5.41) is 0. The Morgan fingerprint density at radius 3 is 1.18 bits per heavy atom. The number of benzene rings is 9. The van der Waals surface area contributed by atoms with Crippen LogP contribution >= 0.6 is 0 Å². The standard InChI is InChI=1S/C32H24.C15H16.2C7H8/c1-23-20-21-28-30(22-23)32(25-14-7-3-8-15-25,26-16-9-4-10-17-26)29-19-11-18-27(31(28)29)24-12-5-2-6-13-24;1-11-8-9-15(13(3)10-11)14-7-5-4-6-12(14)2;2*1-7-5-3-2-4-6-7/h2-22H,1H3;4-10H,1-3H3;2*2-6H,1H3. The molecule has 0 spiro atoms. The van der Waals surface area contributed by atoms with Crippen molar-refractivity contribution in [3.8, 4) is 33.4 Å². The largest absolute Gasteiger partial charge is 0.0713 e. The van der Waals surface area contributed by atoms with E-state index in [0.29, 0.717) is 0 Å². The monoisotopic (exact) mass is 788 g/mol. The van der Waals surface area contributed by atoms with E-state index in [2.05, 4.69) is 236 Å². The van der Waals surface area contributed by atoms with Gasteiger partial charge < -0.3 is 0 Å². The summed E-state index contributed by atoms with van der Waals surface area (Å²) in [5.74, 6) is 0. The van der Waals surface area contributed by atoms with Crippen LogP contribution in [0.2, 0.25) is 0 Å². The zero-order valence-electron chi connectivity index (χ0n) is 36.4. The first kappa shape index (κ1) is 42.1. The van der Waals surface area contributed by atoms with Crippen molar-refractivity contribution in [3.63, 3.8) is 0 Å². The normalized spacial score (nSPS) is 11.6. The van der Waals surface area contributed by atoms with Crippen molar-refractivity contribution in [2.24, 2.45) is 0 Å². The van der Waals surface area contributed by atoms with E-state index >= 15 is 0 Å². The topological polar surface area (TPSA) is 0 Å². The van der Waals surface area contributed by atoms with Gasteiger partial charge in [0.15, 0.2) is 0 Å². The molecule has 0 aromatic heterocycles. The molecule has 300 valence electrons. The summed E-state index contributed by atoms with van der Waals surface area (Å²) >= 11 is 0. The molecule has 1 aliphatic rings. The second-order valence-electron chi connectivity index (χ2n) is 16.1. The van der Waals surface area contributed by atoms with Gasteiger partial charge in [-0.2, -0.15) is 0 Å². The van der Waals surface area contributed by atoms with E-state index in [-0.39, 0.29) is 5.41 Å². The van der Waals surface area contributed by atoms with Crippen molar-refractivity contribution in [1.82, 2.24) is 0 Å². The van der Waals surface area contributed by atoms with E-state index in [9.17, 15) is 0 Å². The van der Waals surface area contributed by atoms with Gasteiger partial charge in [0.25, 0.3) is 0 Å². The van der Waals surface area contributed by atoms with Gasteiger partial charge in [-0.3, -0.25) is 0 Å². The fourth-order valence-electron chi connectivity index (χ4n) is 8.57. The Kier molecular flexibility index (Phi) is 13.7. The van der Waals surface area contributed by atoms with Crippen molar-refractivity contribution in [2.45, 2.75) is 47.0 Å². The molecule has 0 nitrogen and oxygen atoms in total. The number of rotatable bonds is 4. The van der Waals surface area contributed by atoms with Gasteiger partial charge in [0.1, 0.15) is 0 Å². The third-order valence-corrected chi connectivity index (χ3v) is 11.5. The van der Waals surface area contributed by atoms with Crippen LogP contribution in [-0.4, -0.2) is 0 Å². The maximum Gasteiger partial charge on any atom is 0.0713 e. The first-order chi connectivity index (χ1) is 29.8. The minimum atomic E-state index is -0.343. The molecule has 0 saturated carbocycles. The van der Waals surface area contributed by atoms with Crippen LogP contribution in [-0.2, 0) is 5.41 Å². The van der Waals surface area contributed by atoms with Gasteiger partial charge in [-0.15, -0.1) is 0 Å². The number of hydrogen-bond acceptors (Lipinski definition) is 0. The number of hydrogen-bond donors (Lipinski definition) is 0. The summed E-state index contributed by atoms with van der Waals surface area (Å²) in [6.45, 7) is 12.8. The predicted octanol–water partition coefficient (Wildman–Crippen LogP) is 16.3. The van der Waals surface area contributed by atoms with Crippen LogP contribution < -0.4 is 0 Å². The fourth-order valence-corrected chi connectivity index (χ4v) is 8.57. The zero-order valence-corrected chi connectivity index (χ0v) is 36.4. The summed E-state index contributed by atoms with van der Waals surface area (Å²) in [4.78, 5) is 0. The lowest BCUT2D eigenvalue weighted by Crippen LogP contribution is -2.28. The lowest BCUT2D eigenvalue weighted by Gasteiger charge is -2.34. The SMILES string of the molecule is Cc1ccc(-c2ccccc2C)c(C)c1.Cc1ccc2c(c1)C(c1ccccc1)(c1ccccc1)c1cccc(-c3ccccc3)c1-2.Cc1ccccc1.Cc1ccccc1. The summed E-state index contributed by atoms with van der Waals surface area (Å²) in [6.07, 6.45) is 0. The third kappa shape index (κ3) is 9.57. The molecule has 0 heterocycles. The van der Waals surface area contributed by atoms with Gasteiger partial charge in [-0.1, -0.05) is 253 Å². The lowest BCUT2D eigenvalue weighted by molar-refractivity contribution is 0.767. The van der Waals surface area contributed by atoms with E-state index in [4.69, 9.17) is 0 Å². The summed E-state index contributed by atoms with van der Waals surface area (Å²) in [6, 6.07) is 82.2. The molecule has 0 aliphatic heterocycles. The van der Waals surface area contributed by atoms with E-state index in [0.717, 1.165) is 0 Å². The molecule has 0 radical (unpaired) electrons. The molecule has 9 aromatic carbocycles. The molecule has 0 atom stereocenters. The molecule has 0 heteroatoms. The molecule has 9 aromatic rings. The van der Waals surface area contributed by atoms with Crippen molar-refractivity contribution < 1.29 is 0 Å². The van der Waals surface area contributed by atoms with Crippen molar-refractivity contribution in [3.05, 3.63) is 286 Å². The Balaban J connectivity index is 0.000000158. The van der Waals surface area contributed by atoms with Crippen LogP contribution in [0, 0.1) is 41.5 Å². The molecule has 0 amide bonds. The molecule has 10 rings (SSSR count). The summed E-state index contributed by atoms with van der Waals surface area (Å²) < 4.78 is 0. The Morgan fingerprint density at radius 2 is 0.689 bits per heavy atom. The molecule has 0 unspecified atom stereocenters.